The highest BCUT2D eigenvalue weighted by Gasteiger charge is 2.56. The van der Waals surface area contributed by atoms with Crippen molar-refractivity contribution in [3.8, 4) is 5.75 Å². The lowest BCUT2D eigenvalue weighted by atomic mass is 9.57. The number of ketones is 2. The van der Waals surface area contributed by atoms with E-state index in [0.29, 0.717) is 0 Å². The topological polar surface area (TPSA) is 158 Å². The maximum atomic E-state index is 13.2. The highest BCUT2D eigenvalue weighted by Crippen LogP contribution is 2.55. The Hall–Kier alpha value is -3.13. The van der Waals surface area contributed by atoms with E-state index in [9.17, 15) is 34.8 Å². The number of phenols is 1. The summed E-state index contributed by atoms with van der Waals surface area (Å²) in [7, 11) is 0. The average molecular weight is 385 g/mol. The van der Waals surface area contributed by atoms with Crippen molar-refractivity contribution < 1.29 is 34.8 Å². The lowest BCUT2D eigenvalue weighted by Gasteiger charge is -2.46. The van der Waals surface area contributed by atoms with Crippen LogP contribution in [0.5, 0.6) is 5.75 Å². The molecule has 28 heavy (non-hydrogen) atoms. The molecule has 0 spiro atoms. The van der Waals surface area contributed by atoms with Gasteiger partial charge in [-0.05, 0) is 30.9 Å². The Morgan fingerprint density at radius 3 is 2.50 bits per heavy atom. The normalized spacial score (nSPS) is 32.0. The Balaban J connectivity index is 1.92. The molecule has 3 aliphatic rings. The van der Waals surface area contributed by atoms with Crippen molar-refractivity contribution >= 4 is 23.2 Å². The largest absolute Gasteiger partial charge is 0.511 e. The first-order valence-electron chi connectivity index (χ1n) is 8.86. The van der Waals surface area contributed by atoms with Crippen LogP contribution in [0.4, 0.5) is 0 Å². The first kappa shape index (κ1) is 18.2. The summed E-state index contributed by atoms with van der Waals surface area (Å²) in [6, 6.07) is 4.39. The fourth-order valence-corrected chi connectivity index (χ4v) is 4.88. The number of aliphatic hydroxyl groups excluding tert-OH is 2. The van der Waals surface area contributed by atoms with Crippen molar-refractivity contribution in [2.75, 3.05) is 0 Å². The number of hydrogen-bond donors (Lipinski definition) is 5. The third-order valence-electron chi connectivity index (χ3n) is 6.18. The van der Waals surface area contributed by atoms with Crippen molar-refractivity contribution in [3.05, 3.63) is 46.2 Å². The van der Waals surface area contributed by atoms with Gasteiger partial charge in [-0.15, -0.1) is 0 Å². The van der Waals surface area contributed by atoms with Gasteiger partial charge in [0.05, 0.1) is 17.1 Å². The minimum Gasteiger partial charge on any atom is -0.511 e. The molecule has 1 amide bonds. The van der Waals surface area contributed by atoms with Gasteiger partial charge in [-0.1, -0.05) is 12.1 Å². The number of aliphatic hydroxyl groups is 3. The number of rotatable bonds is 1. The zero-order valence-electron chi connectivity index (χ0n) is 15.0. The van der Waals surface area contributed by atoms with Crippen LogP contribution in [0.25, 0.3) is 5.76 Å². The van der Waals surface area contributed by atoms with Gasteiger partial charge < -0.3 is 26.2 Å². The van der Waals surface area contributed by atoms with Crippen LogP contribution in [0.2, 0.25) is 0 Å². The third-order valence-corrected chi connectivity index (χ3v) is 6.18. The molecule has 4 rings (SSSR count). The summed E-state index contributed by atoms with van der Waals surface area (Å²) in [6.07, 6.45) is 0.0215. The number of carbonyl (C=O) groups excluding carboxylic acids is 3. The van der Waals surface area contributed by atoms with E-state index in [4.69, 9.17) is 5.73 Å². The number of aromatic hydroxyl groups is 1. The average Bonchev–Trinajstić information content (AvgIpc) is 2.58. The molecule has 1 saturated carbocycles. The minimum absolute atomic E-state index is 0.0534. The van der Waals surface area contributed by atoms with E-state index in [0.717, 1.165) is 0 Å². The molecule has 1 aromatic rings. The molecule has 0 heterocycles. The Labute approximate surface area is 159 Å². The number of primary amides is 1. The van der Waals surface area contributed by atoms with Gasteiger partial charge in [-0.3, -0.25) is 14.4 Å². The molecule has 8 heteroatoms. The molecule has 0 aliphatic heterocycles. The highest BCUT2D eigenvalue weighted by atomic mass is 16.3. The molecule has 8 nitrogen and oxygen atoms in total. The van der Waals surface area contributed by atoms with Crippen LogP contribution in [0, 0.1) is 17.8 Å². The first-order valence-corrected chi connectivity index (χ1v) is 8.86. The smallest absolute Gasteiger partial charge is 0.255 e. The number of amides is 1. The molecule has 0 aromatic heterocycles. The predicted molar refractivity (Wildman–Crippen MR) is 95.8 cm³/mol. The number of allylic oxidation sites excluding steroid dienone is 1. The maximum absolute atomic E-state index is 13.2. The lowest BCUT2D eigenvalue weighted by molar-refractivity contribution is -0.137. The van der Waals surface area contributed by atoms with Gasteiger partial charge in [0.1, 0.15) is 22.8 Å². The second-order valence-corrected chi connectivity index (χ2v) is 7.75. The summed E-state index contributed by atoms with van der Waals surface area (Å²) in [5.41, 5.74) is 3.05. The van der Waals surface area contributed by atoms with Crippen molar-refractivity contribution in [1.29, 1.82) is 0 Å². The second-order valence-electron chi connectivity index (χ2n) is 7.75. The van der Waals surface area contributed by atoms with E-state index in [1.807, 2.05) is 0 Å². The summed E-state index contributed by atoms with van der Waals surface area (Å²) in [5.74, 6) is -6.75. The van der Waals surface area contributed by atoms with Gasteiger partial charge in [-0.25, -0.2) is 0 Å². The molecule has 6 N–H and O–H groups in total. The SMILES string of the molecule is C[C@@]1(O)c2cccc(O)c2C(O)=C2C(=O)[C@@H]3C(=O)C(C(N)=O)=C(O)C[C@@H]3C[C@@H]21. The minimum atomic E-state index is -1.59. The number of Topliss-reactive ketones (excluding diaryl/α,β-unsaturated/α-hetero) is 2. The summed E-state index contributed by atoms with van der Waals surface area (Å²) in [5, 5.41) is 42.3. The molecule has 146 valence electrons. The van der Waals surface area contributed by atoms with Crippen LogP contribution in [-0.4, -0.2) is 37.9 Å². The number of hydrogen-bond acceptors (Lipinski definition) is 7. The molecule has 1 fully saturated rings. The molecule has 0 saturated heterocycles. The van der Waals surface area contributed by atoms with Gasteiger partial charge in [-0.2, -0.15) is 0 Å². The van der Waals surface area contributed by atoms with Crippen molar-refractivity contribution in [1.82, 2.24) is 0 Å². The van der Waals surface area contributed by atoms with E-state index in [1.165, 1.54) is 19.1 Å². The molecule has 1 aromatic carbocycles. The quantitative estimate of drug-likeness (QED) is 0.356. The second kappa shape index (κ2) is 5.68. The highest BCUT2D eigenvalue weighted by molar-refractivity contribution is 6.28. The molecule has 0 bridgehead atoms. The molecule has 0 radical (unpaired) electrons. The summed E-state index contributed by atoms with van der Waals surface area (Å²) in [4.78, 5) is 37.5. The number of benzene rings is 1. The van der Waals surface area contributed by atoms with Crippen molar-refractivity contribution in [3.63, 3.8) is 0 Å². The maximum Gasteiger partial charge on any atom is 0.255 e. The first-order chi connectivity index (χ1) is 13.1. The zero-order chi connectivity index (χ0) is 20.5. The lowest BCUT2D eigenvalue weighted by Crippen LogP contribution is -2.51. The monoisotopic (exact) mass is 385 g/mol. The van der Waals surface area contributed by atoms with Gasteiger partial charge >= 0.3 is 0 Å². The van der Waals surface area contributed by atoms with Gasteiger partial charge in [0.25, 0.3) is 5.91 Å². The van der Waals surface area contributed by atoms with Crippen LogP contribution in [0.15, 0.2) is 35.1 Å². The van der Waals surface area contributed by atoms with E-state index in [1.54, 1.807) is 6.07 Å². The van der Waals surface area contributed by atoms with Gasteiger partial charge in [0.2, 0.25) is 0 Å². The van der Waals surface area contributed by atoms with Crippen molar-refractivity contribution in [2.45, 2.75) is 25.4 Å². The number of carbonyl (C=O) groups is 3. The number of nitrogens with two attached hydrogens (primary N) is 1. The molecule has 0 unspecified atom stereocenters. The van der Waals surface area contributed by atoms with E-state index in [2.05, 4.69) is 0 Å². The Bertz CT molecular complexity index is 1020. The molecule has 3 aliphatic carbocycles. The van der Waals surface area contributed by atoms with Crippen molar-refractivity contribution in [2.24, 2.45) is 23.5 Å². The standard InChI is InChI=1S/C20H19NO7/c1-20(28)8-3-2-4-10(22)13(8)18(26)14-9(20)5-7-6-11(23)15(19(21)27)17(25)12(7)16(14)24/h2-4,7,9,12,22-23,26,28H,5-6H2,1H3,(H2,21,27)/t7-,9-,12+,20+/m0/s1. The fraction of sp³-hybridized carbons (Fsp3) is 0.350. The van der Waals surface area contributed by atoms with E-state index >= 15 is 0 Å². The molecule has 4 atom stereocenters. The van der Waals surface area contributed by atoms with Gasteiger partial charge in [0.15, 0.2) is 11.6 Å². The zero-order valence-corrected chi connectivity index (χ0v) is 15.0. The molecular weight excluding hydrogens is 366 g/mol. The summed E-state index contributed by atoms with van der Waals surface area (Å²) >= 11 is 0. The van der Waals surface area contributed by atoms with Crippen LogP contribution >= 0.6 is 0 Å². The third kappa shape index (κ3) is 2.18. The Kier molecular flexibility index (Phi) is 3.70. The van der Waals surface area contributed by atoms with E-state index < -0.39 is 57.9 Å². The van der Waals surface area contributed by atoms with Gasteiger partial charge in [0, 0.05) is 17.9 Å². The number of fused-ring (bicyclic) bond motifs is 3. The predicted octanol–water partition coefficient (Wildman–Crippen LogP) is 0.974. The Morgan fingerprint density at radius 1 is 1.18 bits per heavy atom. The summed E-state index contributed by atoms with van der Waals surface area (Å²) < 4.78 is 0. The van der Waals surface area contributed by atoms with Crippen LogP contribution < -0.4 is 5.73 Å². The molecular formula is C20H19NO7. The Morgan fingerprint density at radius 2 is 1.86 bits per heavy atom. The van der Waals surface area contributed by atoms with Crippen LogP contribution in [-0.2, 0) is 20.0 Å². The number of phenolic OH excluding ortho intramolecular Hbond substituents is 1. The fourth-order valence-electron chi connectivity index (χ4n) is 4.88. The van der Waals surface area contributed by atoms with Crippen LogP contribution in [0.3, 0.4) is 0 Å². The van der Waals surface area contributed by atoms with E-state index in [-0.39, 0.29) is 35.3 Å². The van der Waals surface area contributed by atoms with Crippen LogP contribution in [0.1, 0.15) is 30.9 Å². The summed E-state index contributed by atoms with van der Waals surface area (Å²) in [6.45, 7) is 1.48.